The van der Waals surface area contributed by atoms with Crippen LogP contribution < -0.4 is 10.9 Å². The Morgan fingerprint density at radius 2 is 2.04 bits per heavy atom. The van der Waals surface area contributed by atoms with Gasteiger partial charge in [0.15, 0.2) is 0 Å². The van der Waals surface area contributed by atoms with Crippen LogP contribution in [-0.2, 0) is 11.3 Å². The number of alkyl halides is 2. The van der Waals surface area contributed by atoms with E-state index in [2.05, 4.69) is 10.3 Å². The summed E-state index contributed by atoms with van der Waals surface area (Å²) < 4.78 is 26.8. The van der Waals surface area contributed by atoms with Crippen molar-refractivity contribution in [2.24, 2.45) is 0 Å². The van der Waals surface area contributed by atoms with Crippen LogP contribution >= 0.6 is 23.4 Å². The average molecular weight is 424 g/mol. The summed E-state index contributed by atoms with van der Waals surface area (Å²) in [5, 5.41) is 3.19. The van der Waals surface area contributed by atoms with Crippen molar-refractivity contribution in [3.63, 3.8) is 0 Å². The lowest BCUT2D eigenvalue weighted by Gasteiger charge is -2.12. The molecule has 9 heteroatoms. The van der Waals surface area contributed by atoms with E-state index >= 15 is 0 Å². The molecule has 0 spiro atoms. The third-order valence-corrected chi connectivity index (χ3v) is 5.36. The van der Waals surface area contributed by atoms with E-state index in [4.69, 9.17) is 11.6 Å². The van der Waals surface area contributed by atoms with Crippen LogP contribution in [0.3, 0.4) is 0 Å². The standard InChI is InChI=1S/C19H16ClF2N3O2S/c1-11-4-2-5-12-16(11)23-10-25(18(12)27)9-8-15(26)24-14-7-3-6-13(20)17(14)28-19(21)22/h2-7,10,19H,8-9H2,1H3,(H,24,26). The van der Waals surface area contributed by atoms with Crippen LogP contribution in [0, 0.1) is 6.92 Å². The van der Waals surface area contributed by atoms with Gasteiger partial charge in [-0.05, 0) is 30.7 Å². The first-order valence-corrected chi connectivity index (χ1v) is 9.60. The van der Waals surface area contributed by atoms with Gasteiger partial charge in [0.1, 0.15) is 0 Å². The molecule has 0 atom stereocenters. The van der Waals surface area contributed by atoms with Crippen molar-refractivity contribution < 1.29 is 13.6 Å². The number of rotatable bonds is 6. The van der Waals surface area contributed by atoms with Crippen molar-refractivity contribution >= 4 is 45.9 Å². The van der Waals surface area contributed by atoms with E-state index in [1.54, 1.807) is 18.2 Å². The van der Waals surface area contributed by atoms with Crippen LogP contribution in [0.15, 0.2) is 52.4 Å². The fourth-order valence-corrected chi connectivity index (χ4v) is 3.66. The molecule has 0 aliphatic heterocycles. The van der Waals surface area contributed by atoms with Gasteiger partial charge in [-0.2, -0.15) is 8.78 Å². The van der Waals surface area contributed by atoms with Crippen molar-refractivity contribution in [2.75, 3.05) is 5.32 Å². The minimum absolute atomic E-state index is 0.0236. The van der Waals surface area contributed by atoms with Crippen molar-refractivity contribution in [2.45, 2.75) is 30.5 Å². The van der Waals surface area contributed by atoms with Crippen molar-refractivity contribution in [1.82, 2.24) is 9.55 Å². The van der Waals surface area contributed by atoms with Crippen LogP contribution in [0.1, 0.15) is 12.0 Å². The van der Waals surface area contributed by atoms with Crippen LogP contribution in [0.4, 0.5) is 14.5 Å². The van der Waals surface area contributed by atoms with E-state index in [1.807, 2.05) is 13.0 Å². The lowest BCUT2D eigenvalue weighted by Crippen LogP contribution is -2.24. The molecule has 0 aliphatic carbocycles. The van der Waals surface area contributed by atoms with Gasteiger partial charge >= 0.3 is 0 Å². The van der Waals surface area contributed by atoms with Gasteiger partial charge in [0.25, 0.3) is 11.3 Å². The number of nitrogens with one attached hydrogen (secondary N) is 1. The van der Waals surface area contributed by atoms with Gasteiger partial charge in [0.05, 0.1) is 32.8 Å². The maximum Gasteiger partial charge on any atom is 0.289 e. The van der Waals surface area contributed by atoms with Crippen LogP contribution in [-0.4, -0.2) is 21.2 Å². The molecule has 0 unspecified atom stereocenters. The monoisotopic (exact) mass is 423 g/mol. The van der Waals surface area contributed by atoms with Gasteiger partial charge < -0.3 is 5.32 Å². The van der Waals surface area contributed by atoms with Crippen molar-refractivity contribution in [3.8, 4) is 0 Å². The number of aryl methyl sites for hydroxylation is 2. The molecule has 0 saturated carbocycles. The summed E-state index contributed by atoms with van der Waals surface area (Å²) in [6.45, 7) is 1.98. The molecule has 2 aromatic carbocycles. The number of thioether (sulfide) groups is 1. The maximum absolute atomic E-state index is 12.7. The highest BCUT2D eigenvalue weighted by molar-refractivity contribution is 7.99. The highest BCUT2D eigenvalue weighted by atomic mass is 35.5. The summed E-state index contributed by atoms with van der Waals surface area (Å²) in [5.41, 5.74) is 1.49. The zero-order valence-electron chi connectivity index (χ0n) is 14.8. The number of carbonyl (C=O) groups excluding carboxylic acids is 1. The number of aromatic nitrogens is 2. The average Bonchev–Trinajstić information content (AvgIpc) is 2.64. The molecule has 3 aromatic rings. The number of anilines is 1. The highest BCUT2D eigenvalue weighted by Gasteiger charge is 2.16. The molecule has 1 aromatic heterocycles. The zero-order valence-corrected chi connectivity index (χ0v) is 16.4. The van der Waals surface area contributed by atoms with Gasteiger partial charge in [-0.3, -0.25) is 14.2 Å². The number of nitrogens with zero attached hydrogens (tertiary/aromatic N) is 2. The first-order valence-electron chi connectivity index (χ1n) is 8.34. The molecule has 28 heavy (non-hydrogen) atoms. The van der Waals surface area contributed by atoms with Crippen LogP contribution in [0.5, 0.6) is 0 Å². The topological polar surface area (TPSA) is 64.0 Å². The summed E-state index contributed by atoms with van der Waals surface area (Å²) in [7, 11) is 0. The van der Waals surface area contributed by atoms with E-state index in [1.165, 1.54) is 23.0 Å². The van der Waals surface area contributed by atoms with Gasteiger partial charge in [-0.25, -0.2) is 4.98 Å². The number of fused-ring (bicyclic) bond motifs is 1. The Balaban J connectivity index is 1.74. The number of halogens is 3. The third kappa shape index (κ3) is 4.51. The molecule has 5 nitrogen and oxygen atoms in total. The van der Waals surface area contributed by atoms with E-state index < -0.39 is 11.7 Å². The summed E-state index contributed by atoms with van der Waals surface area (Å²) in [6.07, 6.45) is 1.38. The Kier molecular flexibility index (Phi) is 6.31. The van der Waals surface area contributed by atoms with Gasteiger partial charge in [-0.1, -0.05) is 41.6 Å². The number of para-hydroxylation sites is 1. The minimum atomic E-state index is -2.67. The van der Waals surface area contributed by atoms with Crippen LogP contribution in [0.2, 0.25) is 5.02 Å². The molecular formula is C19H16ClF2N3O2S. The fourth-order valence-electron chi connectivity index (χ4n) is 2.75. The molecule has 0 bridgehead atoms. The smallest absolute Gasteiger partial charge is 0.289 e. The summed E-state index contributed by atoms with van der Waals surface area (Å²) in [6, 6.07) is 9.87. The summed E-state index contributed by atoms with van der Waals surface area (Å²) >= 11 is 6.23. The molecule has 1 N–H and O–H groups in total. The normalized spacial score (nSPS) is 11.2. The minimum Gasteiger partial charge on any atom is -0.325 e. The maximum atomic E-state index is 12.7. The molecular weight excluding hydrogens is 408 g/mol. The molecule has 0 saturated heterocycles. The molecule has 1 heterocycles. The predicted molar refractivity (Wildman–Crippen MR) is 107 cm³/mol. The number of hydrogen-bond donors (Lipinski definition) is 1. The Bertz CT molecular complexity index is 1090. The molecule has 0 fully saturated rings. The SMILES string of the molecule is Cc1cccc2c(=O)n(CCC(=O)Nc3cccc(Cl)c3SC(F)F)cnc12. The van der Waals surface area contributed by atoms with Gasteiger partial charge in [0.2, 0.25) is 5.91 Å². The lowest BCUT2D eigenvalue weighted by molar-refractivity contribution is -0.116. The first kappa shape index (κ1) is 20.3. The van der Waals surface area contributed by atoms with Crippen molar-refractivity contribution in [3.05, 3.63) is 63.7 Å². The lowest BCUT2D eigenvalue weighted by atomic mass is 10.1. The van der Waals surface area contributed by atoms with E-state index in [0.717, 1.165) is 5.56 Å². The molecule has 0 aliphatic rings. The Morgan fingerprint density at radius 3 is 2.79 bits per heavy atom. The van der Waals surface area contributed by atoms with Crippen LogP contribution in [0.25, 0.3) is 10.9 Å². The molecule has 0 radical (unpaired) electrons. The second-order valence-corrected chi connectivity index (χ2v) is 7.41. The zero-order chi connectivity index (χ0) is 20.3. The third-order valence-electron chi connectivity index (χ3n) is 4.08. The Morgan fingerprint density at radius 1 is 1.29 bits per heavy atom. The molecule has 146 valence electrons. The quantitative estimate of drug-likeness (QED) is 0.583. The number of amides is 1. The Hall–Kier alpha value is -2.45. The number of benzene rings is 2. The molecule has 1 amide bonds. The van der Waals surface area contributed by atoms with E-state index in [0.29, 0.717) is 10.9 Å². The van der Waals surface area contributed by atoms with Gasteiger partial charge in [-0.15, -0.1) is 0 Å². The number of hydrogen-bond acceptors (Lipinski definition) is 4. The molecule has 3 rings (SSSR count). The van der Waals surface area contributed by atoms with Crippen molar-refractivity contribution in [1.29, 1.82) is 0 Å². The fraction of sp³-hybridized carbons (Fsp3) is 0.211. The summed E-state index contributed by atoms with van der Waals surface area (Å²) in [4.78, 5) is 29.2. The number of carbonyl (C=O) groups is 1. The summed E-state index contributed by atoms with van der Waals surface area (Å²) in [5.74, 6) is -3.09. The highest BCUT2D eigenvalue weighted by Crippen LogP contribution is 2.37. The van der Waals surface area contributed by atoms with E-state index in [-0.39, 0.29) is 45.9 Å². The predicted octanol–water partition coefficient (Wildman–Crippen LogP) is 4.70. The second-order valence-electron chi connectivity index (χ2n) is 6.01. The van der Waals surface area contributed by atoms with Gasteiger partial charge in [0, 0.05) is 13.0 Å². The Labute approximate surface area is 168 Å². The second kappa shape index (κ2) is 8.70. The van der Waals surface area contributed by atoms with E-state index in [9.17, 15) is 18.4 Å². The largest absolute Gasteiger partial charge is 0.325 e. The first-order chi connectivity index (χ1) is 13.4.